The first-order valence-corrected chi connectivity index (χ1v) is 12.6. The van der Waals surface area contributed by atoms with Gasteiger partial charge in [-0.05, 0) is 45.9 Å². The number of rotatable bonds is 11. The Morgan fingerprint density at radius 3 is 2.68 bits per heavy atom. The number of thioether (sulfide) groups is 1. The predicted octanol–water partition coefficient (Wildman–Crippen LogP) is 5.19. The number of aromatic nitrogens is 3. The van der Waals surface area contributed by atoms with E-state index in [0.717, 1.165) is 16.2 Å². The van der Waals surface area contributed by atoms with Crippen molar-refractivity contribution in [1.29, 1.82) is 0 Å². The Morgan fingerprint density at radius 1 is 1.26 bits per heavy atom. The van der Waals surface area contributed by atoms with Crippen LogP contribution in [0.5, 0.6) is 5.75 Å². The minimum atomic E-state index is -0.451. The van der Waals surface area contributed by atoms with E-state index in [0.29, 0.717) is 28.1 Å². The molecule has 0 bridgehead atoms. The highest BCUT2D eigenvalue weighted by atomic mass is 32.2. The maximum atomic E-state index is 12.6. The number of anilines is 1. The van der Waals surface area contributed by atoms with Crippen LogP contribution in [0.2, 0.25) is 0 Å². The van der Waals surface area contributed by atoms with Crippen LogP contribution in [0.1, 0.15) is 46.6 Å². The first-order chi connectivity index (χ1) is 16.3. The van der Waals surface area contributed by atoms with Gasteiger partial charge in [0.1, 0.15) is 10.8 Å². The molecule has 3 rings (SSSR count). The highest BCUT2D eigenvalue weighted by Gasteiger charge is 2.21. The smallest absolute Gasteiger partial charge is 0.341 e. The summed E-state index contributed by atoms with van der Waals surface area (Å²) in [7, 11) is 0. The summed E-state index contributed by atoms with van der Waals surface area (Å²) >= 11 is 2.59. The number of esters is 1. The molecule has 1 amide bonds. The van der Waals surface area contributed by atoms with Crippen molar-refractivity contribution in [1.82, 2.24) is 14.8 Å². The van der Waals surface area contributed by atoms with Gasteiger partial charge in [0.25, 0.3) is 0 Å². The number of ether oxygens (including phenoxy) is 2. The molecule has 0 saturated carbocycles. The lowest BCUT2D eigenvalue weighted by Gasteiger charge is -2.16. The van der Waals surface area contributed by atoms with Crippen molar-refractivity contribution >= 4 is 40.0 Å². The molecule has 3 aromatic rings. The molecule has 0 spiro atoms. The number of thiophene rings is 1. The lowest BCUT2D eigenvalue weighted by atomic mass is 10.2. The molecule has 0 fully saturated rings. The van der Waals surface area contributed by atoms with Crippen molar-refractivity contribution < 1.29 is 19.1 Å². The van der Waals surface area contributed by atoms with Crippen LogP contribution in [0.25, 0.3) is 0 Å². The Balaban J connectivity index is 1.67. The zero-order chi connectivity index (χ0) is 24.7. The van der Waals surface area contributed by atoms with Crippen molar-refractivity contribution in [3.63, 3.8) is 0 Å². The average Bonchev–Trinajstić information content (AvgIpc) is 3.37. The molecular formula is C24H28N4O4S2. The zero-order valence-electron chi connectivity index (χ0n) is 19.7. The lowest BCUT2D eigenvalue weighted by molar-refractivity contribution is -0.113. The maximum absolute atomic E-state index is 12.6. The number of carbonyl (C=O) groups excluding carboxylic acids is 2. The number of nitrogens with one attached hydrogen (secondary N) is 1. The molecule has 1 atom stereocenters. The van der Waals surface area contributed by atoms with Crippen molar-refractivity contribution in [3.05, 3.63) is 64.8 Å². The summed E-state index contributed by atoms with van der Waals surface area (Å²) in [6.45, 7) is 12.1. The van der Waals surface area contributed by atoms with Gasteiger partial charge in [0.05, 0.1) is 17.9 Å². The third kappa shape index (κ3) is 6.48. The summed E-state index contributed by atoms with van der Waals surface area (Å²) in [6, 6.07) is 9.51. The van der Waals surface area contributed by atoms with Crippen molar-refractivity contribution in [2.45, 2.75) is 45.5 Å². The van der Waals surface area contributed by atoms with E-state index in [1.54, 1.807) is 19.1 Å². The molecule has 180 valence electrons. The molecule has 0 radical (unpaired) electrons. The van der Waals surface area contributed by atoms with Gasteiger partial charge in [0.2, 0.25) is 5.91 Å². The summed E-state index contributed by atoms with van der Waals surface area (Å²) in [5, 5.41) is 12.4. The lowest BCUT2D eigenvalue weighted by Crippen LogP contribution is -2.17. The fourth-order valence-electron chi connectivity index (χ4n) is 3.14. The highest BCUT2D eigenvalue weighted by Crippen LogP contribution is 2.29. The molecule has 8 nitrogen and oxygen atoms in total. The number of allylic oxidation sites excluding steroid dienone is 1. The summed E-state index contributed by atoms with van der Waals surface area (Å²) in [4.78, 5) is 25.7. The second kappa shape index (κ2) is 11.8. The van der Waals surface area contributed by atoms with Gasteiger partial charge in [-0.1, -0.05) is 35.5 Å². The normalized spacial score (nSPS) is 11.6. The van der Waals surface area contributed by atoms with E-state index in [4.69, 9.17) is 9.47 Å². The highest BCUT2D eigenvalue weighted by molar-refractivity contribution is 7.99. The number of hydrogen-bond acceptors (Lipinski definition) is 8. The third-order valence-electron chi connectivity index (χ3n) is 4.69. The Bertz CT molecular complexity index is 1150. The van der Waals surface area contributed by atoms with E-state index in [9.17, 15) is 9.59 Å². The molecular weight excluding hydrogens is 472 g/mol. The predicted molar refractivity (Wildman–Crippen MR) is 135 cm³/mol. The quantitative estimate of drug-likeness (QED) is 0.220. The fourth-order valence-corrected chi connectivity index (χ4v) is 4.81. The standard InChI is InChI=1S/C24H28N4O4S2/c1-6-12-28-21(17(5)32-18-10-8-15(3)9-11-18)26-27-24(28)33-14-20(29)25-22-19(13-16(4)34-22)23(30)31-7-2/h6,8-11,13,17H,1,7,12,14H2,2-5H3,(H,25,29). The monoisotopic (exact) mass is 500 g/mol. The van der Waals surface area contributed by atoms with Crippen LogP contribution in [0.3, 0.4) is 0 Å². The molecule has 1 unspecified atom stereocenters. The Morgan fingerprint density at radius 2 is 2.00 bits per heavy atom. The van der Waals surface area contributed by atoms with Crippen molar-refractivity contribution in [2.24, 2.45) is 0 Å². The molecule has 0 aliphatic rings. The van der Waals surface area contributed by atoms with Gasteiger partial charge in [-0.15, -0.1) is 28.1 Å². The second-order valence-electron chi connectivity index (χ2n) is 7.47. The van der Waals surface area contributed by atoms with Crippen LogP contribution >= 0.6 is 23.1 Å². The van der Waals surface area contributed by atoms with E-state index in [-0.39, 0.29) is 24.4 Å². The minimum Gasteiger partial charge on any atom is -0.483 e. The molecule has 0 aliphatic heterocycles. The Labute approximate surface area is 207 Å². The number of nitrogens with zero attached hydrogens (tertiary/aromatic N) is 3. The van der Waals surface area contributed by atoms with Crippen molar-refractivity contribution in [2.75, 3.05) is 17.7 Å². The molecule has 34 heavy (non-hydrogen) atoms. The molecule has 1 N–H and O–H groups in total. The van der Waals surface area contributed by atoms with E-state index in [1.807, 2.05) is 49.6 Å². The van der Waals surface area contributed by atoms with Crippen molar-refractivity contribution in [3.8, 4) is 5.75 Å². The van der Waals surface area contributed by atoms with Gasteiger partial charge in [-0.3, -0.25) is 9.36 Å². The SMILES string of the molecule is C=CCn1c(SCC(=O)Nc2sc(C)cc2C(=O)OCC)nnc1C(C)Oc1ccc(C)cc1. The summed E-state index contributed by atoms with van der Waals surface area (Å²) in [5.74, 6) is 0.774. The van der Waals surface area contributed by atoms with Gasteiger partial charge < -0.3 is 14.8 Å². The van der Waals surface area contributed by atoms with Crippen LogP contribution in [-0.4, -0.2) is 39.0 Å². The summed E-state index contributed by atoms with van der Waals surface area (Å²) in [6.07, 6.45) is 1.40. The zero-order valence-corrected chi connectivity index (χ0v) is 21.3. The third-order valence-corrected chi connectivity index (χ3v) is 6.62. The number of benzene rings is 1. The van der Waals surface area contributed by atoms with E-state index in [2.05, 4.69) is 22.1 Å². The Hall–Kier alpha value is -3.11. The molecule has 10 heteroatoms. The van der Waals surface area contributed by atoms with Gasteiger partial charge in [0, 0.05) is 11.4 Å². The first kappa shape index (κ1) is 25.5. The Kier molecular flexibility index (Phi) is 8.89. The average molecular weight is 501 g/mol. The van der Waals surface area contributed by atoms with E-state index in [1.165, 1.54) is 23.1 Å². The summed E-state index contributed by atoms with van der Waals surface area (Å²) < 4.78 is 13.0. The van der Waals surface area contributed by atoms with Crippen LogP contribution in [0, 0.1) is 13.8 Å². The second-order valence-corrected chi connectivity index (χ2v) is 9.67. The fraction of sp³-hybridized carbons (Fsp3) is 0.333. The van der Waals surface area contributed by atoms with E-state index < -0.39 is 5.97 Å². The minimum absolute atomic E-state index is 0.0989. The van der Waals surface area contributed by atoms with Gasteiger partial charge in [-0.25, -0.2) is 4.79 Å². The van der Waals surface area contributed by atoms with Gasteiger partial charge in [-0.2, -0.15) is 0 Å². The molecule has 2 heterocycles. The topological polar surface area (TPSA) is 95.3 Å². The number of amides is 1. The molecule has 2 aromatic heterocycles. The number of hydrogen-bond donors (Lipinski definition) is 1. The van der Waals surface area contributed by atoms with Crippen LogP contribution in [-0.2, 0) is 16.1 Å². The largest absolute Gasteiger partial charge is 0.483 e. The molecule has 0 saturated heterocycles. The maximum Gasteiger partial charge on any atom is 0.341 e. The van der Waals surface area contributed by atoms with Crippen LogP contribution in [0.4, 0.5) is 5.00 Å². The van der Waals surface area contributed by atoms with Gasteiger partial charge in [0.15, 0.2) is 17.1 Å². The number of aryl methyl sites for hydroxylation is 2. The van der Waals surface area contributed by atoms with Gasteiger partial charge >= 0.3 is 5.97 Å². The first-order valence-electron chi connectivity index (χ1n) is 10.8. The van der Waals surface area contributed by atoms with E-state index >= 15 is 0 Å². The number of carbonyl (C=O) groups is 2. The van der Waals surface area contributed by atoms with Crippen LogP contribution < -0.4 is 10.1 Å². The molecule has 0 aliphatic carbocycles. The van der Waals surface area contributed by atoms with Crippen LogP contribution in [0.15, 0.2) is 48.1 Å². The molecule has 1 aromatic carbocycles. The summed E-state index contributed by atoms with van der Waals surface area (Å²) in [5.41, 5.74) is 1.51.